The van der Waals surface area contributed by atoms with Crippen LogP contribution in [0.3, 0.4) is 0 Å². The second-order valence-corrected chi connectivity index (χ2v) is 7.80. The van der Waals surface area contributed by atoms with Gasteiger partial charge in [-0.25, -0.2) is 14.4 Å². The predicted molar refractivity (Wildman–Crippen MR) is 101 cm³/mol. The van der Waals surface area contributed by atoms with Crippen molar-refractivity contribution in [2.24, 2.45) is 0 Å². The Morgan fingerprint density at radius 3 is 2.79 bits per heavy atom. The average molecular weight is 395 g/mol. The number of nitrogens with zero attached hydrogens (tertiary/aromatic N) is 2. The summed E-state index contributed by atoms with van der Waals surface area (Å²) in [4.78, 5) is 35.8. The van der Waals surface area contributed by atoms with Gasteiger partial charge in [-0.15, -0.1) is 0 Å². The van der Waals surface area contributed by atoms with Gasteiger partial charge in [-0.1, -0.05) is 23.7 Å². The number of hydrogen-bond donors (Lipinski definition) is 1. The lowest BCUT2D eigenvalue weighted by molar-refractivity contribution is -0.143. The summed E-state index contributed by atoms with van der Waals surface area (Å²) in [5.41, 5.74) is -0.663. The quantitative estimate of drug-likeness (QED) is 0.581. The van der Waals surface area contributed by atoms with Crippen molar-refractivity contribution in [3.63, 3.8) is 0 Å². The Hall–Kier alpha value is -2.58. The van der Waals surface area contributed by atoms with Gasteiger partial charge in [0.2, 0.25) is 0 Å². The Morgan fingerprint density at radius 1 is 1.36 bits per heavy atom. The summed E-state index contributed by atoms with van der Waals surface area (Å²) >= 11 is 0. The maximum absolute atomic E-state index is 11.9. The molecule has 156 valence electrons. The lowest BCUT2D eigenvalue weighted by atomic mass is 10.1. The monoisotopic (exact) mass is 395 g/mol. The zero-order valence-corrected chi connectivity index (χ0v) is 16.9. The molecule has 0 bridgehead atoms. The summed E-state index contributed by atoms with van der Waals surface area (Å²) in [5, 5.41) is 6.37. The normalized spacial score (nSPS) is 18.2. The first-order valence-electron chi connectivity index (χ1n) is 9.50. The standard InChI is InChI=1S/C19H29N3O6/c1-19(2,3)27-17(24)20-14(16(23)26-4)11-7-5-9-13-10-6-8-12-15-21-28-18(25)22(13)15/h5,7,13-14H,6,8-12H2,1-4H3,(H,20,24)/b7-5-/t13?,14-/m1/s1. The molecular formula is C19H29N3O6. The van der Waals surface area contributed by atoms with Crippen molar-refractivity contribution in [3.8, 4) is 0 Å². The summed E-state index contributed by atoms with van der Waals surface area (Å²) in [6.07, 6.45) is 7.43. The minimum absolute atomic E-state index is 0.0251. The van der Waals surface area contributed by atoms with Crippen LogP contribution in [0.15, 0.2) is 21.5 Å². The molecule has 2 atom stereocenters. The minimum atomic E-state index is -0.848. The number of carbonyl (C=O) groups excluding carboxylic acids is 2. The van der Waals surface area contributed by atoms with Crippen LogP contribution in [0.2, 0.25) is 0 Å². The number of hydrogen-bond acceptors (Lipinski definition) is 7. The van der Waals surface area contributed by atoms with Gasteiger partial charge >= 0.3 is 17.8 Å². The molecule has 9 heteroatoms. The first-order chi connectivity index (χ1) is 13.2. The van der Waals surface area contributed by atoms with Gasteiger partial charge in [-0.2, -0.15) is 0 Å². The Kier molecular flexibility index (Phi) is 7.42. The fourth-order valence-electron chi connectivity index (χ4n) is 3.12. The van der Waals surface area contributed by atoms with Crippen LogP contribution in [0.1, 0.15) is 64.7 Å². The summed E-state index contributed by atoms with van der Waals surface area (Å²) in [7, 11) is 1.27. The van der Waals surface area contributed by atoms with Crippen LogP contribution in [0.5, 0.6) is 0 Å². The van der Waals surface area contributed by atoms with E-state index in [0.717, 1.165) is 25.7 Å². The summed E-state index contributed by atoms with van der Waals surface area (Å²) in [5.74, 6) is -0.309. The van der Waals surface area contributed by atoms with Gasteiger partial charge in [0.15, 0.2) is 5.82 Å². The third-order valence-electron chi connectivity index (χ3n) is 4.38. The number of fused-ring (bicyclic) bond motifs is 1. The molecule has 1 unspecified atom stereocenters. The lowest BCUT2D eigenvalue weighted by Gasteiger charge is -2.22. The molecule has 0 aromatic carbocycles. The second kappa shape index (κ2) is 9.57. The number of allylic oxidation sites excluding steroid dienone is 1. The topological polar surface area (TPSA) is 113 Å². The number of aryl methyl sites for hydroxylation is 1. The maximum Gasteiger partial charge on any atom is 0.441 e. The van der Waals surface area contributed by atoms with Crippen LogP contribution in [0, 0.1) is 0 Å². The van der Waals surface area contributed by atoms with Gasteiger partial charge in [-0.05, 0) is 46.5 Å². The van der Waals surface area contributed by atoms with Gasteiger partial charge in [0.1, 0.15) is 11.6 Å². The number of nitrogens with one attached hydrogen (secondary N) is 1. The molecule has 9 nitrogen and oxygen atoms in total. The fraction of sp³-hybridized carbons (Fsp3) is 0.684. The largest absolute Gasteiger partial charge is 0.467 e. The molecule has 28 heavy (non-hydrogen) atoms. The van der Waals surface area contributed by atoms with Crippen LogP contribution in [-0.2, 0) is 20.7 Å². The number of ether oxygens (including phenoxy) is 2. The van der Waals surface area contributed by atoms with E-state index >= 15 is 0 Å². The van der Waals surface area contributed by atoms with Crippen molar-refractivity contribution in [2.75, 3.05) is 7.11 Å². The number of aromatic nitrogens is 2. The minimum Gasteiger partial charge on any atom is -0.467 e. The predicted octanol–water partition coefficient (Wildman–Crippen LogP) is 2.51. The molecule has 0 saturated carbocycles. The molecule has 0 spiro atoms. The van der Waals surface area contributed by atoms with Gasteiger partial charge in [0.25, 0.3) is 0 Å². The van der Waals surface area contributed by atoms with Crippen molar-refractivity contribution in [1.29, 1.82) is 0 Å². The fourth-order valence-corrected chi connectivity index (χ4v) is 3.12. The van der Waals surface area contributed by atoms with Crippen molar-refractivity contribution in [3.05, 3.63) is 28.5 Å². The third kappa shape index (κ3) is 6.24. The highest BCUT2D eigenvalue weighted by molar-refractivity contribution is 5.81. The number of alkyl carbamates (subject to hydrolysis) is 1. The van der Waals surface area contributed by atoms with Crippen LogP contribution in [0.4, 0.5) is 4.79 Å². The highest BCUT2D eigenvalue weighted by atomic mass is 16.6. The van der Waals surface area contributed by atoms with E-state index in [4.69, 9.17) is 14.0 Å². The maximum atomic E-state index is 11.9. The number of methoxy groups -OCH3 is 1. The Bertz CT molecular complexity index is 758. The van der Waals surface area contributed by atoms with Gasteiger partial charge in [0, 0.05) is 12.5 Å². The van der Waals surface area contributed by atoms with Crippen LogP contribution in [-0.4, -0.2) is 40.5 Å². The molecule has 1 aromatic heterocycles. The van der Waals surface area contributed by atoms with E-state index in [0.29, 0.717) is 12.2 Å². The summed E-state index contributed by atoms with van der Waals surface area (Å²) in [6.45, 7) is 5.23. The van der Waals surface area contributed by atoms with E-state index in [1.54, 1.807) is 31.4 Å². The summed E-state index contributed by atoms with van der Waals surface area (Å²) in [6, 6.07) is -0.873. The first kappa shape index (κ1) is 21.7. The van der Waals surface area contributed by atoms with Crippen LogP contribution < -0.4 is 11.1 Å². The van der Waals surface area contributed by atoms with E-state index in [2.05, 4.69) is 10.5 Å². The summed E-state index contributed by atoms with van der Waals surface area (Å²) < 4.78 is 16.3. The molecule has 1 amide bonds. The van der Waals surface area contributed by atoms with Gasteiger partial charge in [-0.3, -0.25) is 9.09 Å². The second-order valence-electron chi connectivity index (χ2n) is 7.80. The third-order valence-corrected chi connectivity index (χ3v) is 4.38. The van der Waals surface area contributed by atoms with Crippen molar-refractivity contribution >= 4 is 12.1 Å². The highest BCUT2D eigenvalue weighted by Crippen LogP contribution is 2.24. The number of carbonyl (C=O) groups is 2. The molecule has 2 heterocycles. The number of amides is 1. The number of esters is 1. The molecule has 1 aliphatic rings. The molecular weight excluding hydrogens is 366 g/mol. The molecule has 1 aromatic rings. The highest BCUT2D eigenvalue weighted by Gasteiger charge is 2.25. The van der Waals surface area contributed by atoms with E-state index < -0.39 is 29.5 Å². The smallest absolute Gasteiger partial charge is 0.441 e. The zero-order valence-electron chi connectivity index (χ0n) is 16.9. The van der Waals surface area contributed by atoms with E-state index in [9.17, 15) is 14.4 Å². The van der Waals surface area contributed by atoms with E-state index in [1.165, 1.54) is 7.11 Å². The van der Waals surface area contributed by atoms with Crippen LogP contribution >= 0.6 is 0 Å². The van der Waals surface area contributed by atoms with Crippen LogP contribution in [0.25, 0.3) is 0 Å². The van der Waals surface area contributed by atoms with Gasteiger partial charge in [0.05, 0.1) is 7.11 Å². The lowest BCUT2D eigenvalue weighted by Crippen LogP contribution is -2.43. The van der Waals surface area contributed by atoms with Crippen molar-refractivity contribution in [2.45, 2.75) is 77.0 Å². The SMILES string of the molecule is COC(=O)[C@@H](C/C=C\CC1CCCCc2noc(=O)n21)NC(=O)OC(C)(C)C. The molecule has 0 fully saturated rings. The van der Waals surface area contributed by atoms with Crippen molar-refractivity contribution in [1.82, 2.24) is 15.0 Å². The average Bonchev–Trinajstić information content (AvgIpc) is 2.85. The Morgan fingerprint density at radius 2 is 2.11 bits per heavy atom. The number of rotatable bonds is 6. The van der Waals surface area contributed by atoms with E-state index in [1.807, 2.05) is 6.08 Å². The molecule has 0 aliphatic carbocycles. The molecule has 1 N–H and O–H groups in total. The molecule has 0 saturated heterocycles. The Balaban J connectivity index is 1.96. The molecule has 0 radical (unpaired) electrons. The zero-order chi connectivity index (χ0) is 20.7. The molecule has 2 rings (SSSR count). The van der Waals surface area contributed by atoms with Crippen molar-refractivity contribution < 1.29 is 23.6 Å². The van der Waals surface area contributed by atoms with E-state index in [-0.39, 0.29) is 12.5 Å². The Labute approximate surface area is 164 Å². The first-order valence-corrected chi connectivity index (χ1v) is 9.50. The molecule has 1 aliphatic heterocycles. The van der Waals surface area contributed by atoms with Gasteiger partial charge < -0.3 is 14.8 Å².